The van der Waals surface area contributed by atoms with E-state index in [1.807, 2.05) is 23.9 Å². The van der Waals surface area contributed by atoms with E-state index in [1.165, 1.54) is 0 Å². The SMILES string of the molecule is C=C[C@@H]1C[C@]1(NC(=O)[C@@H]1C[C@@]2(CN1C(=O)[C@@H](NC(=O)[C@@H](NC(=O)[C@@H]1CCCCN1CC)C1CCCCC1)C(C)(C)C)C(C)(C)C21CCC1)C(=O)[NH][Sn](=[O])[N]1CCCC1. The molecule has 3 heterocycles. The van der Waals surface area contributed by atoms with Crippen molar-refractivity contribution in [3.8, 4) is 0 Å². The van der Waals surface area contributed by atoms with Gasteiger partial charge in [-0.2, -0.15) is 0 Å². The minimum absolute atomic E-state index is 0.0337. The van der Waals surface area contributed by atoms with Crippen molar-refractivity contribution in [3.63, 3.8) is 0 Å². The third-order valence-electron chi connectivity index (χ3n) is 16.5. The molecule has 3 saturated heterocycles. The average Bonchev–Trinajstić information content (AvgIpc) is 3.64. The van der Waals surface area contributed by atoms with E-state index in [1.54, 1.807) is 11.0 Å². The molecule has 4 saturated carbocycles. The Bertz CT molecular complexity index is 1660. The molecule has 7 rings (SSSR count). The van der Waals surface area contributed by atoms with Crippen molar-refractivity contribution >= 4 is 49.8 Å². The van der Waals surface area contributed by atoms with Gasteiger partial charge in [0.05, 0.1) is 6.04 Å². The zero-order valence-corrected chi connectivity index (χ0v) is 39.0. The number of carbonyl (C=O) groups is 5. The second-order valence-electron chi connectivity index (χ2n) is 20.6. The number of fused-ring (bicyclic) bond motifs is 1. The van der Waals surface area contributed by atoms with Crippen LogP contribution in [-0.4, -0.2) is 125 Å². The van der Waals surface area contributed by atoms with Gasteiger partial charge in [-0.3, -0.25) is 9.69 Å². The van der Waals surface area contributed by atoms with Gasteiger partial charge in [-0.15, -0.1) is 0 Å². The molecule has 2 spiro atoms. The standard InChI is InChI=1S/C40H64N6O5.C4H8N.O.Sn/c1-8-26-22-40(26,35(41)51)44-32(48)28-23-39(37(6,7)38(39)19-15-20-38)24-46(28)34(50)30(36(3,4)5)43-33(49)29(25-16-11-10-12-17-25)42-31(47)27-18-13-14-21-45(27)9-2;1-2-4-5-3-1;;/h8,25-30H,1,9-24H2,2-7H3,(H5,41,42,43,44,47,48,49,51);1-4H2;;/q;-1;;+2/p-1/t26-,27+,28+,29+,30-,39-,40-;;;/m1.../s1. The summed E-state index contributed by atoms with van der Waals surface area (Å²) < 4.78 is 18.0. The van der Waals surface area contributed by atoms with Crippen molar-refractivity contribution in [1.29, 1.82) is 0 Å². The van der Waals surface area contributed by atoms with E-state index in [4.69, 9.17) is 0 Å². The van der Waals surface area contributed by atoms with Crippen molar-refractivity contribution in [3.05, 3.63) is 12.7 Å². The normalized spacial score (nSPS) is 32.8. The number of likely N-dealkylation sites (tertiary alicyclic amines) is 2. The Hall–Kier alpha value is -2.39. The van der Waals surface area contributed by atoms with Crippen LogP contribution in [0.4, 0.5) is 0 Å². The molecule has 4 N–H and O–H groups in total. The first kappa shape index (κ1) is 43.7. The van der Waals surface area contributed by atoms with Crippen molar-refractivity contribution in [1.82, 2.24) is 32.4 Å². The predicted molar refractivity (Wildman–Crippen MR) is 222 cm³/mol. The van der Waals surface area contributed by atoms with E-state index in [2.05, 4.69) is 51.7 Å². The summed E-state index contributed by atoms with van der Waals surface area (Å²) in [6, 6.07) is -2.87. The molecular formula is C44H71N7O6Sn. The van der Waals surface area contributed by atoms with Gasteiger partial charge in [0.1, 0.15) is 0 Å². The number of hydrogen-bond acceptors (Lipinski definition) is 7. The first-order chi connectivity index (χ1) is 27.5. The Morgan fingerprint density at radius 1 is 0.828 bits per heavy atom. The fourth-order valence-electron chi connectivity index (χ4n) is 12.4. The summed E-state index contributed by atoms with van der Waals surface area (Å²) in [5.74, 6) is -1.94. The number of hydrogen-bond donors (Lipinski definition) is 4. The fourth-order valence-corrected chi connectivity index (χ4v) is 16.1. The molecule has 13 nitrogen and oxygen atoms in total. The van der Waals surface area contributed by atoms with Crippen LogP contribution in [0.3, 0.4) is 0 Å². The molecule has 0 bridgehead atoms. The molecule has 7 atom stereocenters. The van der Waals surface area contributed by atoms with Crippen LogP contribution < -0.4 is 19.5 Å². The maximum absolute atomic E-state index is 15.3. The number of nitrogens with zero attached hydrogens (tertiary/aromatic N) is 3. The number of piperidine rings is 1. The van der Waals surface area contributed by atoms with Gasteiger partial charge in [0, 0.05) is 0 Å². The van der Waals surface area contributed by atoms with E-state index >= 15 is 4.79 Å². The van der Waals surface area contributed by atoms with Gasteiger partial charge in [0.2, 0.25) is 5.91 Å². The van der Waals surface area contributed by atoms with E-state index in [0.717, 1.165) is 96.6 Å². The van der Waals surface area contributed by atoms with Gasteiger partial charge in [-0.1, -0.05) is 32.6 Å². The number of amides is 5. The molecule has 14 heteroatoms. The van der Waals surface area contributed by atoms with Gasteiger partial charge in [-0.05, 0) is 44.7 Å². The van der Waals surface area contributed by atoms with Crippen LogP contribution in [0.5, 0.6) is 0 Å². The van der Waals surface area contributed by atoms with Crippen LogP contribution >= 0.6 is 0 Å². The minimum atomic E-state index is -3.64. The van der Waals surface area contributed by atoms with Crippen LogP contribution in [0.2, 0.25) is 0 Å². The second kappa shape index (κ2) is 16.5. The van der Waals surface area contributed by atoms with Crippen molar-refractivity contribution in [2.24, 2.45) is 33.5 Å². The number of rotatable bonds is 13. The van der Waals surface area contributed by atoms with E-state index < -0.39 is 61.2 Å². The number of nitrogens with one attached hydrogen (secondary N) is 4. The number of carbonyl (C=O) groups excluding carboxylic acids is 5. The van der Waals surface area contributed by atoms with E-state index in [-0.39, 0.29) is 51.8 Å². The van der Waals surface area contributed by atoms with Gasteiger partial charge in [0.25, 0.3) is 0 Å². The quantitative estimate of drug-likeness (QED) is 0.160. The van der Waals surface area contributed by atoms with Gasteiger partial charge in [0.15, 0.2) is 0 Å². The molecule has 0 aromatic rings. The molecule has 0 aromatic carbocycles. The third kappa shape index (κ3) is 7.50. The Kier molecular flexibility index (Phi) is 12.4. The molecule has 0 radical (unpaired) electrons. The molecule has 7 fully saturated rings. The third-order valence-corrected chi connectivity index (χ3v) is 20.7. The molecule has 322 valence electrons. The Morgan fingerprint density at radius 3 is 2.05 bits per heavy atom. The molecule has 5 amide bonds. The molecule has 0 aromatic heterocycles. The summed E-state index contributed by atoms with van der Waals surface area (Å²) in [5, 5.41) is 9.50. The average molecular weight is 913 g/mol. The summed E-state index contributed by atoms with van der Waals surface area (Å²) in [6.45, 7) is 19.8. The molecular weight excluding hydrogens is 841 g/mol. The zero-order chi connectivity index (χ0) is 41.8. The summed E-state index contributed by atoms with van der Waals surface area (Å²) >= 11 is -3.64. The fraction of sp³-hybridized carbons (Fsp3) is 0.841. The Labute approximate surface area is 354 Å². The summed E-state index contributed by atoms with van der Waals surface area (Å²) in [5.41, 5.74) is -2.31. The predicted octanol–water partition coefficient (Wildman–Crippen LogP) is 3.94. The van der Waals surface area contributed by atoms with Crippen LogP contribution in [0.1, 0.15) is 138 Å². The zero-order valence-electron chi connectivity index (χ0n) is 36.2. The molecule has 4 aliphatic carbocycles. The molecule has 3 aliphatic heterocycles. The van der Waals surface area contributed by atoms with Gasteiger partial charge in [-0.25, -0.2) is 0 Å². The molecule has 58 heavy (non-hydrogen) atoms. The van der Waals surface area contributed by atoms with Crippen LogP contribution in [0.15, 0.2) is 12.7 Å². The van der Waals surface area contributed by atoms with Crippen LogP contribution in [0, 0.1) is 33.5 Å². The Balaban J connectivity index is 1.14. The van der Waals surface area contributed by atoms with Crippen molar-refractivity contribution in [2.75, 3.05) is 32.7 Å². The first-order valence-corrected chi connectivity index (χ1v) is 26.5. The second-order valence-corrected chi connectivity index (χ2v) is 24.9. The topological polar surface area (TPSA) is 160 Å². The van der Waals surface area contributed by atoms with Crippen LogP contribution in [-0.2, 0) is 27.0 Å². The van der Waals surface area contributed by atoms with Crippen molar-refractivity contribution in [2.45, 2.75) is 168 Å². The Morgan fingerprint density at radius 2 is 1.48 bits per heavy atom. The van der Waals surface area contributed by atoms with Crippen molar-refractivity contribution < 1.29 is 27.0 Å². The van der Waals surface area contributed by atoms with E-state index in [9.17, 15) is 22.3 Å². The summed E-state index contributed by atoms with van der Waals surface area (Å²) in [6.07, 6.45) is 15.2. The van der Waals surface area contributed by atoms with Crippen LogP contribution in [0.25, 0.3) is 0 Å². The van der Waals surface area contributed by atoms with Gasteiger partial charge >= 0.3 is 251 Å². The first-order valence-electron chi connectivity index (χ1n) is 22.7. The van der Waals surface area contributed by atoms with Gasteiger partial charge < -0.3 is 5.32 Å². The molecule has 7 aliphatic rings. The number of likely N-dealkylation sites (N-methyl/N-ethyl adjacent to an activating group) is 1. The summed E-state index contributed by atoms with van der Waals surface area (Å²) in [4.78, 5) is 76.4. The molecule has 0 unspecified atom stereocenters. The maximum atomic E-state index is 15.3. The monoisotopic (exact) mass is 913 g/mol. The summed E-state index contributed by atoms with van der Waals surface area (Å²) in [7, 11) is 0. The van der Waals surface area contributed by atoms with E-state index in [0.29, 0.717) is 32.5 Å².